The highest BCUT2D eigenvalue weighted by molar-refractivity contribution is 6.30. The molecule has 206 valence electrons. The Labute approximate surface area is 254 Å². The molecule has 42 heavy (non-hydrogen) atoms. The van der Waals surface area contributed by atoms with Gasteiger partial charge in [0.1, 0.15) is 0 Å². The van der Waals surface area contributed by atoms with Crippen LogP contribution in [-0.4, -0.2) is 21.6 Å². The molecule has 0 bridgehead atoms. The molecule has 1 aromatic heterocycles. The number of amides is 1. The van der Waals surface area contributed by atoms with Gasteiger partial charge in [-0.3, -0.25) is 4.79 Å². The van der Waals surface area contributed by atoms with Crippen molar-refractivity contribution in [3.8, 4) is 11.3 Å². The number of pyridine rings is 1. The van der Waals surface area contributed by atoms with Crippen LogP contribution in [-0.2, 0) is 0 Å². The number of fused-ring (bicyclic) bond motifs is 2. The highest BCUT2D eigenvalue weighted by Gasteiger charge is 2.44. The van der Waals surface area contributed by atoms with Gasteiger partial charge in [0, 0.05) is 26.9 Å². The molecule has 1 fully saturated rings. The van der Waals surface area contributed by atoms with E-state index < -0.39 is 0 Å². The summed E-state index contributed by atoms with van der Waals surface area (Å²) in [6.07, 6.45) is 5.05. The summed E-state index contributed by atoms with van der Waals surface area (Å²) in [5, 5.41) is 9.01. The third-order valence-electron chi connectivity index (χ3n) is 8.15. The molecule has 4 aromatic carbocycles. The zero-order valence-corrected chi connectivity index (χ0v) is 24.3. The third-order valence-corrected chi connectivity index (χ3v) is 8.65. The van der Waals surface area contributed by atoms with Gasteiger partial charge in [0.15, 0.2) is 0 Å². The van der Waals surface area contributed by atoms with Crippen molar-refractivity contribution in [1.82, 2.24) is 9.99 Å². The van der Waals surface area contributed by atoms with Crippen LogP contribution in [0.15, 0.2) is 120 Å². The number of hydrazone groups is 1. The van der Waals surface area contributed by atoms with Gasteiger partial charge in [-0.05, 0) is 78.4 Å². The van der Waals surface area contributed by atoms with Crippen LogP contribution < -0.4 is 0 Å². The van der Waals surface area contributed by atoms with E-state index >= 15 is 0 Å². The minimum atomic E-state index is -0.245. The molecule has 0 saturated heterocycles. The second-order valence-corrected chi connectivity index (χ2v) is 11.7. The number of nitrogens with zero attached hydrogens (tertiary/aromatic N) is 3. The average Bonchev–Trinajstić information content (AvgIpc) is 3.43. The fraction of sp³-hybridized carbons (Fsp3) is 0.139. The average molecular weight is 589 g/mol. The molecule has 7 rings (SSSR count). The highest BCUT2D eigenvalue weighted by atomic mass is 35.5. The van der Waals surface area contributed by atoms with Crippen molar-refractivity contribution in [3.05, 3.63) is 142 Å². The Hall–Kier alpha value is -4.25. The molecule has 2 heterocycles. The maximum absolute atomic E-state index is 14.7. The molecule has 0 spiro atoms. The van der Waals surface area contributed by atoms with E-state index in [1.54, 1.807) is 5.01 Å². The molecular formula is C36H27Cl2N3O. The van der Waals surface area contributed by atoms with Crippen molar-refractivity contribution in [1.29, 1.82) is 0 Å². The lowest BCUT2D eigenvalue weighted by atomic mass is 9.77. The zero-order valence-electron chi connectivity index (χ0n) is 22.8. The van der Waals surface area contributed by atoms with Crippen molar-refractivity contribution in [3.63, 3.8) is 0 Å². The molecule has 0 radical (unpaired) electrons. The number of halogens is 2. The summed E-state index contributed by atoms with van der Waals surface area (Å²) in [6.45, 7) is 0. The van der Waals surface area contributed by atoms with E-state index in [1.165, 1.54) is 0 Å². The normalized spacial score (nSPS) is 19.1. The topological polar surface area (TPSA) is 45.6 Å². The van der Waals surface area contributed by atoms with Crippen LogP contribution in [0.25, 0.3) is 28.2 Å². The molecule has 2 atom stereocenters. The lowest BCUT2D eigenvalue weighted by Gasteiger charge is -2.30. The van der Waals surface area contributed by atoms with Gasteiger partial charge < -0.3 is 0 Å². The first-order valence-corrected chi connectivity index (χ1v) is 14.9. The number of allylic oxidation sites excluding steroid dienone is 1. The molecule has 1 amide bonds. The SMILES string of the molecule is O=C(c1cc(-c2ccccc2)nc2ccccc12)N1N=C2/C(=C/c3ccc(Cl)cc3)CCC[C@@H]2[C@H]1c1ccc(Cl)cc1. The number of carbonyl (C=O) groups excluding carboxylic acids is 1. The summed E-state index contributed by atoms with van der Waals surface area (Å²) in [5.41, 5.74) is 7.31. The van der Waals surface area contributed by atoms with Crippen molar-refractivity contribution in [2.75, 3.05) is 0 Å². The van der Waals surface area contributed by atoms with E-state index in [4.69, 9.17) is 33.3 Å². The predicted molar refractivity (Wildman–Crippen MR) is 172 cm³/mol. The third kappa shape index (κ3) is 5.02. The first-order valence-electron chi connectivity index (χ1n) is 14.1. The zero-order chi connectivity index (χ0) is 28.6. The molecule has 1 aliphatic heterocycles. The van der Waals surface area contributed by atoms with E-state index in [0.29, 0.717) is 15.6 Å². The van der Waals surface area contributed by atoms with Crippen molar-refractivity contribution >= 4 is 51.8 Å². The highest BCUT2D eigenvalue weighted by Crippen LogP contribution is 2.45. The van der Waals surface area contributed by atoms with Crippen molar-refractivity contribution < 1.29 is 4.79 Å². The van der Waals surface area contributed by atoms with Crippen LogP contribution in [0.2, 0.25) is 10.0 Å². The molecule has 6 heteroatoms. The van der Waals surface area contributed by atoms with E-state index in [1.807, 2.05) is 109 Å². The summed E-state index contributed by atoms with van der Waals surface area (Å²) in [4.78, 5) is 19.6. The van der Waals surface area contributed by atoms with E-state index in [9.17, 15) is 4.79 Å². The van der Waals surface area contributed by atoms with Gasteiger partial charge in [0.25, 0.3) is 5.91 Å². The molecule has 0 unspecified atom stereocenters. The fourth-order valence-corrected chi connectivity index (χ4v) is 6.41. The minimum absolute atomic E-state index is 0.0733. The first-order chi connectivity index (χ1) is 20.5. The largest absolute Gasteiger partial charge is 0.275 e. The van der Waals surface area contributed by atoms with Gasteiger partial charge in [-0.1, -0.05) is 96.0 Å². The second kappa shape index (κ2) is 11.2. The molecule has 1 aliphatic carbocycles. The van der Waals surface area contributed by atoms with E-state index in [0.717, 1.165) is 63.8 Å². The van der Waals surface area contributed by atoms with Crippen LogP contribution in [0.3, 0.4) is 0 Å². The fourth-order valence-electron chi connectivity index (χ4n) is 6.15. The quantitative estimate of drug-likeness (QED) is 0.210. The molecular weight excluding hydrogens is 561 g/mol. The van der Waals surface area contributed by atoms with Crippen LogP contribution in [0, 0.1) is 5.92 Å². The second-order valence-electron chi connectivity index (χ2n) is 10.8. The van der Waals surface area contributed by atoms with Crippen LogP contribution >= 0.6 is 23.2 Å². The number of rotatable bonds is 4. The van der Waals surface area contributed by atoms with Gasteiger partial charge >= 0.3 is 0 Å². The van der Waals surface area contributed by atoms with Crippen LogP contribution in [0.4, 0.5) is 0 Å². The Bertz CT molecular complexity index is 1850. The number of carbonyl (C=O) groups is 1. The van der Waals surface area contributed by atoms with Gasteiger partial charge in [-0.15, -0.1) is 0 Å². The Kier molecular flexibility index (Phi) is 7.10. The Balaban J connectivity index is 1.37. The maximum Gasteiger partial charge on any atom is 0.275 e. The molecule has 0 N–H and O–H groups in total. The van der Waals surface area contributed by atoms with Crippen LogP contribution in [0.5, 0.6) is 0 Å². The Morgan fingerprint density at radius 3 is 2.29 bits per heavy atom. The molecule has 2 aliphatic rings. The molecule has 5 aromatic rings. The summed E-state index contributed by atoms with van der Waals surface area (Å²) in [7, 11) is 0. The van der Waals surface area contributed by atoms with Gasteiger partial charge in [0.2, 0.25) is 0 Å². The first kappa shape index (κ1) is 26.6. The molecule has 1 saturated carbocycles. The summed E-state index contributed by atoms with van der Waals surface area (Å²) >= 11 is 12.4. The summed E-state index contributed by atoms with van der Waals surface area (Å²) < 4.78 is 0. The number of hydrogen-bond donors (Lipinski definition) is 0. The summed E-state index contributed by atoms with van der Waals surface area (Å²) in [5.74, 6) is -0.0670. The number of aromatic nitrogens is 1. The van der Waals surface area contributed by atoms with Gasteiger partial charge in [-0.2, -0.15) is 5.10 Å². The van der Waals surface area contributed by atoms with Crippen molar-refractivity contribution in [2.45, 2.75) is 25.3 Å². The van der Waals surface area contributed by atoms with E-state index in [2.05, 4.69) is 6.08 Å². The summed E-state index contributed by atoms with van der Waals surface area (Å²) in [6, 6.07) is 35.1. The number of hydrogen-bond acceptors (Lipinski definition) is 3. The van der Waals surface area contributed by atoms with Crippen LogP contribution in [0.1, 0.15) is 46.8 Å². The predicted octanol–water partition coefficient (Wildman–Crippen LogP) is 9.65. The van der Waals surface area contributed by atoms with Gasteiger partial charge in [0.05, 0.1) is 28.5 Å². The smallest absolute Gasteiger partial charge is 0.267 e. The minimum Gasteiger partial charge on any atom is -0.267 e. The number of benzene rings is 4. The Morgan fingerprint density at radius 1 is 0.833 bits per heavy atom. The monoisotopic (exact) mass is 587 g/mol. The van der Waals surface area contributed by atoms with Gasteiger partial charge in [-0.25, -0.2) is 9.99 Å². The lowest BCUT2D eigenvalue weighted by Crippen LogP contribution is -2.32. The van der Waals surface area contributed by atoms with E-state index in [-0.39, 0.29) is 17.9 Å². The standard InChI is InChI=1S/C36H27Cl2N3O/c37-27-17-13-23(14-18-27)21-26-9-6-11-30-34(26)40-41(35(30)25-15-19-28(38)20-16-25)36(42)31-22-33(24-7-2-1-3-8-24)39-32-12-5-4-10-29(31)32/h1-5,7-8,10,12-22,30,35H,6,9,11H2/b26-21+/t30-,35+/m0/s1. The lowest BCUT2D eigenvalue weighted by molar-refractivity contribution is 0.0683. The molecule has 4 nitrogen and oxygen atoms in total. The number of para-hydroxylation sites is 1. The van der Waals surface area contributed by atoms with Crippen molar-refractivity contribution in [2.24, 2.45) is 11.0 Å². The maximum atomic E-state index is 14.7. The Morgan fingerprint density at radius 2 is 1.52 bits per heavy atom.